The van der Waals surface area contributed by atoms with E-state index in [0.717, 1.165) is 10.6 Å². The number of benzene rings is 1. The number of hydrogen-bond acceptors (Lipinski definition) is 5. The second-order valence-corrected chi connectivity index (χ2v) is 4.94. The second-order valence-electron chi connectivity index (χ2n) is 3.89. The van der Waals surface area contributed by atoms with Crippen molar-refractivity contribution < 1.29 is 9.72 Å². The summed E-state index contributed by atoms with van der Waals surface area (Å²) in [6.45, 7) is 0.402. The van der Waals surface area contributed by atoms with Gasteiger partial charge in [0, 0.05) is 23.2 Å². The van der Waals surface area contributed by atoms with Gasteiger partial charge in [0.15, 0.2) is 0 Å². The first-order chi connectivity index (χ1) is 9.65. The number of carbonyl (C=O) groups is 1. The van der Waals surface area contributed by atoms with Gasteiger partial charge in [0.1, 0.15) is 0 Å². The summed E-state index contributed by atoms with van der Waals surface area (Å²) in [4.78, 5) is 29.2. The maximum atomic E-state index is 11.6. The molecule has 0 fully saturated rings. The van der Waals surface area contributed by atoms with Gasteiger partial charge in [-0.2, -0.15) is 0 Å². The number of aromatic nitrogens is 2. The third-order valence-corrected chi connectivity index (χ3v) is 3.46. The Morgan fingerprint density at radius 2 is 2.15 bits per heavy atom. The summed E-state index contributed by atoms with van der Waals surface area (Å²) in [6.07, 6.45) is 3.19. The van der Waals surface area contributed by atoms with Crippen molar-refractivity contribution in [2.24, 2.45) is 0 Å². The van der Waals surface area contributed by atoms with Crippen LogP contribution in [0.1, 0.15) is 5.69 Å². The normalized spacial score (nSPS) is 10.2. The predicted molar refractivity (Wildman–Crippen MR) is 74.3 cm³/mol. The molecular formula is C12H12N4O3S. The minimum atomic E-state index is -0.453. The number of nitro groups is 1. The summed E-state index contributed by atoms with van der Waals surface area (Å²) in [5.74, 6) is 0.148. The highest BCUT2D eigenvalue weighted by molar-refractivity contribution is 8.00. The molecule has 0 spiro atoms. The van der Waals surface area contributed by atoms with Crippen LogP contribution >= 0.6 is 11.8 Å². The van der Waals surface area contributed by atoms with Gasteiger partial charge in [-0.25, -0.2) is 4.98 Å². The largest absolute Gasteiger partial charge is 0.350 e. The Kier molecular flexibility index (Phi) is 4.72. The number of aromatic amines is 1. The van der Waals surface area contributed by atoms with Gasteiger partial charge in [-0.3, -0.25) is 14.9 Å². The summed E-state index contributed by atoms with van der Waals surface area (Å²) >= 11 is 1.33. The van der Waals surface area contributed by atoms with Gasteiger partial charge in [0.2, 0.25) is 5.91 Å². The number of imidazole rings is 1. The molecule has 2 rings (SSSR count). The molecule has 2 aromatic rings. The zero-order chi connectivity index (χ0) is 14.4. The third kappa shape index (κ3) is 4.09. The van der Waals surface area contributed by atoms with Crippen LogP contribution in [0.2, 0.25) is 0 Å². The van der Waals surface area contributed by atoms with E-state index < -0.39 is 4.92 Å². The first-order valence-corrected chi connectivity index (χ1v) is 6.75. The molecule has 1 heterocycles. The lowest BCUT2D eigenvalue weighted by Crippen LogP contribution is -2.24. The van der Waals surface area contributed by atoms with Crippen LogP contribution in [0, 0.1) is 10.1 Å². The van der Waals surface area contributed by atoms with E-state index in [-0.39, 0.29) is 17.3 Å². The molecule has 0 radical (unpaired) electrons. The van der Waals surface area contributed by atoms with Crippen LogP contribution in [-0.2, 0) is 11.3 Å². The van der Waals surface area contributed by atoms with Crippen LogP contribution in [0.4, 0.5) is 5.69 Å². The highest BCUT2D eigenvalue weighted by Crippen LogP contribution is 2.20. The molecule has 0 saturated heterocycles. The minimum absolute atomic E-state index is 0.0399. The topological polar surface area (TPSA) is 101 Å². The molecule has 0 unspecified atom stereocenters. The minimum Gasteiger partial charge on any atom is -0.350 e. The molecule has 0 bridgehead atoms. The molecule has 0 aliphatic carbocycles. The summed E-state index contributed by atoms with van der Waals surface area (Å²) in [7, 11) is 0. The fraction of sp³-hybridized carbons (Fsp3) is 0.167. The number of amides is 1. The van der Waals surface area contributed by atoms with Crippen LogP contribution in [0.3, 0.4) is 0 Å². The molecule has 1 aromatic carbocycles. The SMILES string of the molecule is O=C(CSc1ccc([N+](=O)[O-])cc1)NCc1cnc[nH]1. The van der Waals surface area contributed by atoms with Gasteiger partial charge >= 0.3 is 0 Å². The Hall–Kier alpha value is -2.35. The van der Waals surface area contributed by atoms with E-state index in [1.54, 1.807) is 24.7 Å². The molecule has 104 valence electrons. The molecule has 2 N–H and O–H groups in total. The number of carbonyl (C=O) groups excluding carboxylic acids is 1. The van der Waals surface area contributed by atoms with E-state index >= 15 is 0 Å². The number of thioether (sulfide) groups is 1. The zero-order valence-electron chi connectivity index (χ0n) is 10.4. The first kappa shape index (κ1) is 14.1. The third-order valence-electron chi connectivity index (χ3n) is 2.45. The number of hydrogen-bond donors (Lipinski definition) is 2. The van der Waals surface area contributed by atoms with Crippen molar-refractivity contribution >= 4 is 23.4 Å². The van der Waals surface area contributed by atoms with Crippen LogP contribution in [0.5, 0.6) is 0 Å². The van der Waals surface area contributed by atoms with E-state index in [4.69, 9.17) is 0 Å². The van der Waals surface area contributed by atoms with E-state index in [1.807, 2.05) is 0 Å². The Balaban J connectivity index is 1.76. The average Bonchev–Trinajstić information content (AvgIpc) is 2.96. The molecule has 0 saturated carbocycles. The van der Waals surface area contributed by atoms with Crippen LogP contribution < -0.4 is 5.32 Å². The zero-order valence-corrected chi connectivity index (χ0v) is 11.2. The second kappa shape index (κ2) is 6.71. The maximum absolute atomic E-state index is 11.6. The lowest BCUT2D eigenvalue weighted by Gasteiger charge is -2.03. The van der Waals surface area contributed by atoms with Crippen LogP contribution in [0.25, 0.3) is 0 Å². The summed E-state index contributed by atoms with van der Waals surface area (Å²) in [5, 5.41) is 13.2. The molecule has 0 aliphatic heterocycles. The van der Waals surface area contributed by atoms with Crippen molar-refractivity contribution in [3.05, 3.63) is 52.6 Å². The van der Waals surface area contributed by atoms with Crippen molar-refractivity contribution in [2.75, 3.05) is 5.75 Å². The van der Waals surface area contributed by atoms with Crippen molar-refractivity contribution in [3.8, 4) is 0 Å². The standard InChI is InChI=1S/C12H12N4O3S/c17-12(14-6-9-5-13-8-15-9)7-20-11-3-1-10(2-4-11)16(18)19/h1-5,8H,6-7H2,(H,13,15)(H,14,17). The van der Waals surface area contributed by atoms with Crippen molar-refractivity contribution in [2.45, 2.75) is 11.4 Å². The van der Waals surface area contributed by atoms with Gasteiger partial charge in [-0.15, -0.1) is 11.8 Å². The molecule has 0 atom stereocenters. The smallest absolute Gasteiger partial charge is 0.269 e. The van der Waals surface area contributed by atoms with E-state index in [0.29, 0.717) is 6.54 Å². The van der Waals surface area contributed by atoms with Crippen molar-refractivity contribution in [1.29, 1.82) is 0 Å². The fourth-order valence-electron chi connectivity index (χ4n) is 1.44. The predicted octanol–water partition coefficient (Wildman–Crippen LogP) is 1.73. The monoisotopic (exact) mass is 292 g/mol. The number of H-pyrrole nitrogens is 1. The Labute approximate surface area is 118 Å². The van der Waals surface area contributed by atoms with Crippen molar-refractivity contribution in [1.82, 2.24) is 15.3 Å². The van der Waals surface area contributed by atoms with E-state index in [2.05, 4.69) is 15.3 Å². The number of nitrogens with one attached hydrogen (secondary N) is 2. The molecule has 0 aliphatic rings. The average molecular weight is 292 g/mol. The lowest BCUT2D eigenvalue weighted by atomic mass is 10.3. The summed E-state index contributed by atoms with van der Waals surface area (Å²) in [5.41, 5.74) is 0.872. The summed E-state index contributed by atoms with van der Waals surface area (Å²) in [6, 6.07) is 6.10. The molecule has 1 amide bonds. The highest BCUT2D eigenvalue weighted by atomic mass is 32.2. The van der Waals surface area contributed by atoms with Gasteiger partial charge < -0.3 is 10.3 Å². The van der Waals surface area contributed by atoms with Gasteiger partial charge in [-0.1, -0.05) is 0 Å². The first-order valence-electron chi connectivity index (χ1n) is 5.76. The molecule has 20 heavy (non-hydrogen) atoms. The molecular weight excluding hydrogens is 280 g/mol. The van der Waals surface area contributed by atoms with Gasteiger partial charge in [-0.05, 0) is 12.1 Å². The Bertz CT molecular complexity index is 583. The quantitative estimate of drug-likeness (QED) is 0.479. The number of non-ortho nitro benzene ring substituents is 1. The molecule has 8 heteroatoms. The lowest BCUT2D eigenvalue weighted by molar-refractivity contribution is -0.384. The number of nitro benzene ring substituents is 1. The number of rotatable bonds is 6. The van der Waals surface area contributed by atoms with Gasteiger partial charge in [0.05, 0.1) is 29.2 Å². The van der Waals surface area contributed by atoms with E-state index in [1.165, 1.54) is 23.9 Å². The summed E-state index contributed by atoms with van der Waals surface area (Å²) < 4.78 is 0. The highest BCUT2D eigenvalue weighted by Gasteiger charge is 2.06. The van der Waals surface area contributed by atoms with E-state index in [9.17, 15) is 14.9 Å². The van der Waals surface area contributed by atoms with Gasteiger partial charge in [0.25, 0.3) is 5.69 Å². The molecule has 1 aromatic heterocycles. The Morgan fingerprint density at radius 3 is 2.75 bits per heavy atom. The Morgan fingerprint density at radius 1 is 1.40 bits per heavy atom. The number of nitrogens with zero attached hydrogens (tertiary/aromatic N) is 2. The molecule has 7 nitrogen and oxygen atoms in total. The van der Waals surface area contributed by atoms with Crippen molar-refractivity contribution in [3.63, 3.8) is 0 Å². The maximum Gasteiger partial charge on any atom is 0.269 e. The van der Waals surface area contributed by atoms with Crippen LogP contribution in [-0.4, -0.2) is 26.6 Å². The fourth-order valence-corrected chi connectivity index (χ4v) is 2.17. The van der Waals surface area contributed by atoms with Crippen LogP contribution in [0.15, 0.2) is 41.7 Å².